The Hall–Kier alpha value is -0.0400. The summed E-state index contributed by atoms with van der Waals surface area (Å²) in [4.78, 5) is 2.49. The molecular weight excluding hydrogens is 134 g/mol. The maximum Gasteiger partial charge on any atom is 0.00122 e. The molecule has 1 nitrogen and oxygen atoms in total. The lowest BCUT2D eigenvalue weighted by Crippen LogP contribution is -2.26. The van der Waals surface area contributed by atoms with Crippen molar-refractivity contribution in [3.63, 3.8) is 0 Å². The van der Waals surface area contributed by atoms with E-state index in [2.05, 4.69) is 25.8 Å². The maximum atomic E-state index is 2.49. The molecular formula is C10H19N. The summed E-state index contributed by atoms with van der Waals surface area (Å²) < 4.78 is 0. The molecule has 2 rings (SSSR count). The van der Waals surface area contributed by atoms with Crippen molar-refractivity contribution in [3.8, 4) is 0 Å². The predicted octanol–water partition coefficient (Wildman–Crippen LogP) is 1.84. The summed E-state index contributed by atoms with van der Waals surface area (Å²) in [5.74, 6) is 4.16. The first-order valence-electron chi connectivity index (χ1n) is 4.88. The van der Waals surface area contributed by atoms with Gasteiger partial charge in [0.05, 0.1) is 0 Å². The standard InChI is InChI=1S/C10H19N/c1-7(2)10-8-4-5-11(3)6-9(8)10/h7-10H,4-6H2,1-3H3. The smallest absolute Gasteiger partial charge is 0.00122 e. The average molecular weight is 153 g/mol. The highest BCUT2D eigenvalue weighted by molar-refractivity contribution is 5.02. The van der Waals surface area contributed by atoms with E-state index in [-0.39, 0.29) is 0 Å². The van der Waals surface area contributed by atoms with Gasteiger partial charge < -0.3 is 4.90 Å². The Morgan fingerprint density at radius 2 is 2.00 bits per heavy atom. The highest BCUT2D eigenvalue weighted by atomic mass is 15.1. The first kappa shape index (κ1) is 7.60. The molecule has 0 amide bonds. The second-order valence-corrected chi connectivity index (χ2v) is 4.70. The van der Waals surface area contributed by atoms with Crippen LogP contribution in [0.15, 0.2) is 0 Å². The van der Waals surface area contributed by atoms with Crippen molar-refractivity contribution in [1.82, 2.24) is 4.90 Å². The van der Waals surface area contributed by atoms with Crippen LogP contribution in [-0.4, -0.2) is 25.0 Å². The minimum atomic E-state index is 0.927. The first-order chi connectivity index (χ1) is 5.20. The molecule has 1 aliphatic heterocycles. The predicted molar refractivity (Wildman–Crippen MR) is 47.4 cm³/mol. The van der Waals surface area contributed by atoms with Crippen LogP contribution in [0.1, 0.15) is 20.3 Å². The van der Waals surface area contributed by atoms with E-state index in [0.717, 1.165) is 23.7 Å². The number of piperidine rings is 1. The van der Waals surface area contributed by atoms with Crippen LogP contribution in [-0.2, 0) is 0 Å². The number of nitrogens with zero attached hydrogens (tertiary/aromatic N) is 1. The van der Waals surface area contributed by atoms with Gasteiger partial charge in [-0.2, -0.15) is 0 Å². The zero-order valence-corrected chi connectivity index (χ0v) is 7.88. The van der Waals surface area contributed by atoms with E-state index in [0.29, 0.717) is 0 Å². The number of likely N-dealkylation sites (tertiary alicyclic amines) is 1. The van der Waals surface area contributed by atoms with Crippen molar-refractivity contribution in [1.29, 1.82) is 0 Å². The third kappa shape index (κ3) is 1.20. The van der Waals surface area contributed by atoms with E-state index >= 15 is 0 Å². The van der Waals surface area contributed by atoms with Gasteiger partial charge in [0.25, 0.3) is 0 Å². The maximum absolute atomic E-state index is 2.49. The van der Waals surface area contributed by atoms with Crippen LogP contribution in [0, 0.1) is 23.7 Å². The van der Waals surface area contributed by atoms with E-state index < -0.39 is 0 Å². The summed E-state index contributed by atoms with van der Waals surface area (Å²) in [5.41, 5.74) is 0. The molecule has 0 bridgehead atoms. The van der Waals surface area contributed by atoms with Crippen LogP contribution >= 0.6 is 0 Å². The Balaban J connectivity index is 1.93. The Bertz CT molecular complexity index is 153. The Kier molecular flexibility index (Phi) is 1.71. The van der Waals surface area contributed by atoms with Gasteiger partial charge in [-0.15, -0.1) is 0 Å². The molecule has 0 N–H and O–H groups in total. The molecule has 1 heteroatoms. The van der Waals surface area contributed by atoms with Crippen LogP contribution in [0.3, 0.4) is 0 Å². The summed E-state index contributed by atoms with van der Waals surface area (Å²) in [6.07, 6.45) is 1.46. The van der Waals surface area contributed by atoms with Crippen LogP contribution in [0.4, 0.5) is 0 Å². The minimum Gasteiger partial charge on any atom is -0.306 e. The zero-order chi connectivity index (χ0) is 8.01. The summed E-state index contributed by atoms with van der Waals surface area (Å²) >= 11 is 0. The molecule has 1 saturated carbocycles. The average Bonchev–Trinajstić information content (AvgIpc) is 2.60. The van der Waals surface area contributed by atoms with Crippen molar-refractivity contribution >= 4 is 0 Å². The summed E-state index contributed by atoms with van der Waals surface area (Å²) in [6, 6.07) is 0. The Labute approximate surface area is 69.8 Å². The van der Waals surface area contributed by atoms with Crippen molar-refractivity contribution in [2.24, 2.45) is 23.7 Å². The van der Waals surface area contributed by atoms with Gasteiger partial charge in [-0.1, -0.05) is 13.8 Å². The van der Waals surface area contributed by atoms with Crippen molar-refractivity contribution < 1.29 is 0 Å². The Morgan fingerprint density at radius 1 is 1.27 bits per heavy atom. The third-order valence-corrected chi connectivity index (χ3v) is 3.53. The van der Waals surface area contributed by atoms with Crippen LogP contribution < -0.4 is 0 Å². The van der Waals surface area contributed by atoms with Gasteiger partial charge in [-0.05, 0) is 43.7 Å². The van der Waals surface area contributed by atoms with E-state index in [4.69, 9.17) is 0 Å². The lowest BCUT2D eigenvalue weighted by atomic mass is 10.1. The SMILES string of the molecule is CC(C)C1C2CCN(C)CC21. The fourth-order valence-corrected chi connectivity index (χ4v) is 2.95. The Morgan fingerprint density at radius 3 is 2.55 bits per heavy atom. The van der Waals surface area contributed by atoms with E-state index in [1.807, 2.05) is 0 Å². The third-order valence-electron chi connectivity index (χ3n) is 3.53. The number of hydrogen-bond donors (Lipinski definition) is 0. The molecule has 1 aliphatic carbocycles. The molecule has 0 spiro atoms. The summed E-state index contributed by atoms with van der Waals surface area (Å²) in [7, 11) is 2.26. The normalized spacial score (nSPS) is 44.2. The molecule has 0 aromatic carbocycles. The van der Waals surface area contributed by atoms with Gasteiger partial charge in [0, 0.05) is 6.54 Å². The number of hydrogen-bond acceptors (Lipinski definition) is 1. The molecule has 1 saturated heterocycles. The molecule has 0 radical (unpaired) electrons. The molecule has 64 valence electrons. The van der Waals surface area contributed by atoms with Gasteiger partial charge in [0.15, 0.2) is 0 Å². The first-order valence-corrected chi connectivity index (χ1v) is 4.88. The van der Waals surface area contributed by atoms with Gasteiger partial charge in [-0.3, -0.25) is 0 Å². The molecule has 0 aromatic heterocycles. The molecule has 2 aliphatic rings. The monoisotopic (exact) mass is 153 g/mol. The van der Waals surface area contributed by atoms with E-state index in [9.17, 15) is 0 Å². The van der Waals surface area contributed by atoms with Crippen molar-refractivity contribution in [2.45, 2.75) is 20.3 Å². The van der Waals surface area contributed by atoms with Crippen molar-refractivity contribution in [2.75, 3.05) is 20.1 Å². The molecule has 0 aromatic rings. The lowest BCUT2D eigenvalue weighted by molar-refractivity contribution is 0.265. The van der Waals surface area contributed by atoms with Gasteiger partial charge in [0.1, 0.15) is 0 Å². The van der Waals surface area contributed by atoms with Gasteiger partial charge >= 0.3 is 0 Å². The number of fused-ring (bicyclic) bond motifs is 1. The summed E-state index contributed by atoms with van der Waals surface area (Å²) in [5, 5.41) is 0. The van der Waals surface area contributed by atoms with Gasteiger partial charge in [-0.25, -0.2) is 0 Å². The zero-order valence-electron chi connectivity index (χ0n) is 7.88. The molecule has 3 unspecified atom stereocenters. The molecule has 3 atom stereocenters. The van der Waals surface area contributed by atoms with Crippen LogP contribution in [0.25, 0.3) is 0 Å². The fraction of sp³-hybridized carbons (Fsp3) is 1.00. The number of rotatable bonds is 1. The second-order valence-electron chi connectivity index (χ2n) is 4.70. The highest BCUT2D eigenvalue weighted by Crippen LogP contribution is 2.54. The topological polar surface area (TPSA) is 3.24 Å². The molecule has 1 heterocycles. The van der Waals surface area contributed by atoms with Gasteiger partial charge in [0.2, 0.25) is 0 Å². The van der Waals surface area contributed by atoms with E-state index in [1.54, 1.807) is 0 Å². The fourth-order valence-electron chi connectivity index (χ4n) is 2.95. The minimum absolute atomic E-state index is 0.927. The second kappa shape index (κ2) is 2.48. The van der Waals surface area contributed by atoms with Crippen molar-refractivity contribution in [3.05, 3.63) is 0 Å². The largest absolute Gasteiger partial charge is 0.306 e. The lowest BCUT2D eigenvalue weighted by Gasteiger charge is -2.20. The quantitative estimate of drug-likeness (QED) is 0.555. The highest BCUT2D eigenvalue weighted by Gasteiger charge is 2.52. The summed E-state index contributed by atoms with van der Waals surface area (Å²) in [6.45, 7) is 7.46. The van der Waals surface area contributed by atoms with Crippen LogP contribution in [0.2, 0.25) is 0 Å². The van der Waals surface area contributed by atoms with Crippen LogP contribution in [0.5, 0.6) is 0 Å². The molecule has 2 fully saturated rings. The molecule has 11 heavy (non-hydrogen) atoms. The van der Waals surface area contributed by atoms with E-state index in [1.165, 1.54) is 19.5 Å².